The minimum atomic E-state index is -0.834. The first-order valence-electron chi connectivity index (χ1n) is 8.89. The molecule has 156 valence electrons. The molecule has 1 unspecified atom stereocenters. The number of halogens is 1. The molecule has 6 nitrogen and oxygen atoms in total. The fraction of sp³-hybridized carbons (Fsp3) is 0.190. The summed E-state index contributed by atoms with van der Waals surface area (Å²) >= 11 is 6.45. The van der Waals surface area contributed by atoms with Gasteiger partial charge in [0.2, 0.25) is 5.91 Å². The van der Waals surface area contributed by atoms with Crippen molar-refractivity contribution in [1.29, 1.82) is 0 Å². The Morgan fingerprint density at radius 1 is 1.17 bits per heavy atom. The summed E-state index contributed by atoms with van der Waals surface area (Å²) in [6.07, 6.45) is 1.69. The standard InChI is InChI=1S/C21H19FN2O4S2/c1-12(19(25)23-15-7-5-14(22)6-8-15)24-20(26)18(30-21(24)29)11-13-4-9-16(27-2)17(10-13)28-3/h4-12H,1-3H3,(H,23,25)/b18-11-. The first-order chi connectivity index (χ1) is 14.3. The van der Waals surface area contributed by atoms with Crippen LogP contribution in [0.4, 0.5) is 10.1 Å². The van der Waals surface area contributed by atoms with Crippen LogP contribution in [0.5, 0.6) is 11.5 Å². The number of hydrogen-bond acceptors (Lipinski definition) is 6. The lowest BCUT2D eigenvalue weighted by Gasteiger charge is -2.22. The van der Waals surface area contributed by atoms with Crippen LogP contribution in [0.25, 0.3) is 6.08 Å². The number of nitrogens with zero attached hydrogens (tertiary/aromatic N) is 1. The van der Waals surface area contributed by atoms with Crippen LogP contribution in [-0.2, 0) is 9.59 Å². The quantitative estimate of drug-likeness (QED) is 0.533. The number of methoxy groups -OCH3 is 2. The van der Waals surface area contributed by atoms with Gasteiger partial charge in [-0.15, -0.1) is 0 Å². The first-order valence-corrected chi connectivity index (χ1v) is 10.1. The van der Waals surface area contributed by atoms with Gasteiger partial charge < -0.3 is 14.8 Å². The predicted octanol–water partition coefficient (Wildman–Crippen LogP) is 4.07. The van der Waals surface area contributed by atoms with Gasteiger partial charge in [0, 0.05) is 5.69 Å². The van der Waals surface area contributed by atoms with Crippen LogP contribution in [0, 0.1) is 5.82 Å². The van der Waals surface area contributed by atoms with Crippen LogP contribution in [0.2, 0.25) is 0 Å². The number of nitrogens with one attached hydrogen (secondary N) is 1. The Bertz CT molecular complexity index is 1020. The second-order valence-corrected chi connectivity index (χ2v) is 8.01. The molecule has 0 saturated carbocycles. The van der Waals surface area contributed by atoms with Gasteiger partial charge >= 0.3 is 0 Å². The molecule has 0 bridgehead atoms. The summed E-state index contributed by atoms with van der Waals surface area (Å²) in [5.41, 5.74) is 1.16. The van der Waals surface area contributed by atoms with Gasteiger partial charge in [0.05, 0.1) is 19.1 Å². The molecule has 2 aromatic rings. The number of rotatable bonds is 6. The van der Waals surface area contributed by atoms with Crippen LogP contribution < -0.4 is 14.8 Å². The zero-order chi connectivity index (χ0) is 21.8. The number of thiocarbonyl (C=S) groups is 1. The molecule has 2 amide bonds. The van der Waals surface area contributed by atoms with Crippen molar-refractivity contribution < 1.29 is 23.5 Å². The van der Waals surface area contributed by atoms with Gasteiger partial charge in [-0.05, 0) is 55.0 Å². The lowest BCUT2D eigenvalue weighted by Crippen LogP contribution is -2.44. The van der Waals surface area contributed by atoms with E-state index in [4.69, 9.17) is 21.7 Å². The number of carbonyl (C=O) groups excluding carboxylic acids is 2. The molecule has 0 spiro atoms. The Hall–Kier alpha value is -2.91. The predicted molar refractivity (Wildman–Crippen MR) is 119 cm³/mol. The van der Waals surface area contributed by atoms with E-state index < -0.39 is 17.8 Å². The molecule has 0 aliphatic carbocycles. The molecular weight excluding hydrogens is 427 g/mol. The molecule has 1 fully saturated rings. The Kier molecular flexibility index (Phi) is 6.73. The third-order valence-corrected chi connectivity index (χ3v) is 5.74. The smallest absolute Gasteiger partial charge is 0.266 e. The van der Waals surface area contributed by atoms with E-state index in [0.29, 0.717) is 22.1 Å². The molecule has 1 saturated heterocycles. The largest absolute Gasteiger partial charge is 0.493 e. The van der Waals surface area contributed by atoms with Crippen molar-refractivity contribution in [2.75, 3.05) is 19.5 Å². The molecule has 3 rings (SSSR count). The van der Waals surface area contributed by atoms with E-state index in [1.54, 1.807) is 38.3 Å². The molecule has 1 N–H and O–H groups in total. The molecule has 9 heteroatoms. The lowest BCUT2D eigenvalue weighted by molar-refractivity contribution is -0.129. The molecule has 1 atom stereocenters. The van der Waals surface area contributed by atoms with Gasteiger partial charge in [-0.25, -0.2) is 4.39 Å². The van der Waals surface area contributed by atoms with Crippen LogP contribution in [0.1, 0.15) is 12.5 Å². The maximum atomic E-state index is 13.0. The highest BCUT2D eigenvalue weighted by molar-refractivity contribution is 8.26. The van der Waals surface area contributed by atoms with Crippen molar-refractivity contribution >= 4 is 51.9 Å². The molecule has 1 aliphatic rings. The molecular formula is C21H19FN2O4S2. The Morgan fingerprint density at radius 3 is 2.47 bits per heavy atom. The zero-order valence-corrected chi connectivity index (χ0v) is 18.1. The molecule has 0 radical (unpaired) electrons. The maximum absolute atomic E-state index is 13.0. The number of benzene rings is 2. The van der Waals surface area contributed by atoms with Crippen molar-refractivity contribution in [3.8, 4) is 11.5 Å². The van der Waals surface area contributed by atoms with E-state index in [0.717, 1.165) is 17.3 Å². The monoisotopic (exact) mass is 446 g/mol. The topological polar surface area (TPSA) is 67.9 Å². The summed E-state index contributed by atoms with van der Waals surface area (Å²) in [4.78, 5) is 27.1. The van der Waals surface area contributed by atoms with Gasteiger partial charge in [0.25, 0.3) is 5.91 Å². The average Bonchev–Trinajstić information content (AvgIpc) is 3.01. The van der Waals surface area contributed by atoms with Crippen LogP contribution >= 0.6 is 24.0 Å². The number of hydrogen-bond donors (Lipinski definition) is 1. The normalized spacial score (nSPS) is 16.0. The molecule has 2 aromatic carbocycles. The van der Waals surface area contributed by atoms with E-state index in [9.17, 15) is 14.0 Å². The van der Waals surface area contributed by atoms with E-state index in [1.165, 1.54) is 36.3 Å². The summed E-state index contributed by atoms with van der Waals surface area (Å²) in [7, 11) is 3.07. The second kappa shape index (κ2) is 9.27. The summed E-state index contributed by atoms with van der Waals surface area (Å²) in [5, 5.41) is 2.66. The van der Waals surface area contributed by atoms with Crippen LogP contribution in [-0.4, -0.2) is 41.3 Å². The Morgan fingerprint density at radius 2 is 1.83 bits per heavy atom. The van der Waals surface area contributed by atoms with Crippen molar-refractivity contribution in [3.63, 3.8) is 0 Å². The Balaban J connectivity index is 1.77. The van der Waals surface area contributed by atoms with Crippen molar-refractivity contribution in [2.24, 2.45) is 0 Å². The number of carbonyl (C=O) groups is 2. The van der Waals surface area contributed by atoms with Crippen LogP contribution in [0.3, 0.4) is 0 Å². The summed E-state index contributed by atoms with van der Waals surface area (Å²) in [6, 6.07) is 9.82. The van der Waals surface area contributed by atoms with Gasteiger partial charge in [0.1, 0.15) is 16.2 Å². The summed E-state index contributed by atoms with van der Waals surface area (Å²) < 4.78 is 23.8. The fourth-order valence-corrected chi connectivity index (χ4v) is 4.22. The van der Waals surface area contributed by atoms with Gasteiger partial charge in [-0.2, -0.15) is 0 Å². The van der Waals surface area contributed by atoms with E-state index >= 15 is 0 Å². The third kappa shape index (κ3) is 4.63. The highest BCUT2D eigenvalue weighted by Crippen LogP contribution is 2.35. The van der Waals surface area contributed by atoms with Gasteiger partial charge in [-0.3, -0.25) is 14.5 Å². The molecule has 0 aromatic heterocycles. The minimum absolute atomic E-state index is 0.286. The number of ether oxygens (including phenoxy) is 2. The van der Waals surface area contributed by atoms with Gasteiger partial charge in [-0.1, -0.05) is 30.0 Å². The number of thioether (sulfide) groups is 1. The van der Waals surface area contributed by atoms with E-state index in [1.807, 2.05) is 0 Å². The number of anilines is 1. The summed E-state index contributed by atoms with van der Waals surface area (Å²) in [5.74, 6) is -0.0767. The van der Waals surface area contributed by atoms with Crippen LogP contribution in [0.15, 0.2) is 47.4 Å². The fourth-order valence-electron chi connectivity index (χ4n) is 2.80. The average molecular weight is 447 g/mol. The molecule has 1 aliphatic heterocycles. The van der Waals surface area contributed by atoms with Gasteiger partial charge in [0.15, 0.2) is 11.5 Å². The van der Waals surface area contributed by atoms with Crippen molar-refractivity contribution in [3.05, 3.63) is 58.8 Å². The van der Waals surface area contributed by atoms with Crippen molar-refractivity contribution in [1.82, 2.24) is 4.90 Å². The summed E-state index contributed by atoms with van der Waals surface area (Å²) in [6.45, 7) is 1.59. The van der Waals surface area contributed by atoms with E-state index in [-0.39, 0.29) is 10.2 Å². The highest BCUT2D eigenvalue weighted by Gasteiger charge is 2.38. The zero-order valence-electron chi connectivity index (χ0n) is 16.5. The second-order valence-electron chi connectivity index (χ2n) is 6.34. The third-order valence-electron chi connectivity index (χ3n) is 4.41. The lowest BCUT2D eigenvalue weighted by atomic mass is 10.1. The molecule has 1 heterocycles. The highest BCUT2D eigenvalue weighted by atomic mass is 32.2. The van der Waals surface area contributed by atoms with Crippen molar-refractivity contribution in [2.45, 2.75) is 13.0 Å². The SMILES string of the molecule is COc1ccc(/C=C2\SC(=S)N(C(C)C(=O)Nc3ccc(F)cc3)C2=O)cc1OC. The Labute approximate surface area is 183 Å². The minimum Gasteiger partial charge on any atom is -0.493 e. The first kappa shape index (κ1) is 21.8. The number of amides is 2. The maximum Gasteiger partial charge on any atom is 0.266 e. The van der Waals surface area contributed by atoms with E-state index in [2.05, 4.69) is 5.32 Å². The molecule has 30 heavy (non-hydrogen) atoms.